The van der Waals surface area contributed by atoms with E-state index in [0.29, 0.717) is 34.3 Å². The van der Waals surface area contributed by atoms with E-state index in [1.807, 2.05) is 36.9 Å². The van der Waals surface area contributed by atoms with Crippen LogP contribution in [-0.4, -0.2) is 68.4 Å². The van der Waals surface area contributed by atoms with E-state index in [0.717, 1.165) is 42.9 Å². The summed E-state index contributed by atoms with van der Waals surface area (Å²) >= 11 is 0. The van der Waals surface area contributed by atoms with E-state index >= 15 is 4.39 Å². The fraction of sp³-hybridized carbons (Fsp3) is 0.281. The first-order chi connectivity index (χ1) is 20.7. The molecule has 43 heavy (non-hydrogen) atoms. The molecule has 0 atom stereocenters. The number of aromatic nitrogens is 2. The lowest BCUT2D eigenvalue weighted by Gasteiger charge is -2.34. The largest absolute Gasteiger partial charge is 0.497 e. The number of nitrogens with zero attached hydrogens (tertiary/aromatic N) is 4. The van der Waals surface area contributed by atoms with Gasteiger partial charge in [0.2, 0.25) is 11.8 Å². The van der Waals surface area contributed by atoms with Crippen LogP contribution in [0.25, 0.3) is 11.3 Å². The van der Waals surface area contributed by atoms with Crippen molar-refractivity contribution in [3.05, 3.63) is 77.6 Å². The van der Waals surface area contributed by atoms with Crippen LogP contribution in [0, 0.1) is 19.7 Å². The number of amides is 1. The summed E-state index contributed by atoms with van der Waals surface area (Å²) in [7, 11) is 5.09. The average Bonchev–Trinajstić information content (AvgIpc) is 2.99. The molecule has 1 amide bonds. The number of ether oxygens (including phenoxy) is 3. The maximum absolute atomic E-state index is 15.2. The number of methoxy groups -OCH3 is 2. The van der Waals surface area contributed by atoms with Crippen LogP contribution in [0.5, 0.6) is 17.4 Å². The van der Waals surface area contributed by atoms with Crippen LogP contribution in [0.1, 0.15) is 11.1 Å². The van der Waals surface area contributed by atoms with Gasteiger partial charge in [0.05, 0.1) is 31.3 Å². The van der Waals surface area contributed by atoms with Crippen molar-refractivity contribution < 1.29 is 23.4 Å². The second kappa shape index (κ2) is 13.0. The zero-order chi connectivity index (χ0) is 30.5. The zero-order valence-electron chi connectivity index (χ0n) is 24.9. The third-order valence-electron chi connectivity index (χ3n) is 7.47. The molecule has 3 aromatic carbocycles. The Morgan fingerprint density at radius 2 is 1.72 bits per heavy atom. The molecule has 11 heteroatoms. The number of nitrogens with one attached hydrogen (secondary N) is 2. The minimum Gasteiger partial charge on any atom is -0.497 e. The van der Waals surface area contributed by atoms with E-state index in [4.69, 9.17) is 14.2 Å². The first-order valence-electron chi connectivity index (χ1n) is 13.9. The fourth-order valence-electron chi connectivity index (χ4n) is 4.85. The minimum absolute atomic E-state index is 0.00733. The first-order valence-corrected chi connectivity index (χ1v) is 13.9. The molecule has 1 aliphatic heterocycles. The van der Waals surface area contributed by atoms with Gasteiger partial charge in [-0.15, -0.1) is 0 Å². The molecule has 4 aromatic rings. The molecule has 1 saturated heterocycles. The zero-order valence-corrected chi connectivity index (χ0v) is 24.9. The molecule has 2 N–H and O–H groups in total. The molecule has 0 aliphatic carbocycles. The Bertz CT molecular complexity index is 1620. The quantitative estimate of drug-likeness (QED) is 0.257. The van der Waals surface area contributed by atoms with Crippen molar-refractivity contribution in [1.82, 2.24) is 14.9 Å². The molecule has 224 valence electrons. The van der Waals surface area contributed by atoms with Gasteiger partial charge in [-0.3, -0.25) is 5.32 Å². The van der Waals surface area contributed by atoms with Gasteiger partial charge in [-0.1, -0.05) is 18.2 Å². The lowest BCUT2D eigenvalue weighted by molar-refractivity contribution is 0.213. The summed E-state index contributed by atoms with van der Waals surface area (Å²) in [6, 6.07) is 17.4. The highest BCUT2D eigenvalue weighted by atomic mass is 19.1. The number of likely N-dealkylation sites (N-methyl/N-ethyl adjacent to an activating group) is 1. The van der Waals surface area contributed by atoms with Crippen LogP contribution >= 0.6 is 0 Å². The second-order valence-electron chi connectivity index (χ2n) is 10.3. The van der Waals surface area contributed by atoms with Crippen LogP contribution in [0.2, 0.25) is 0 Å². The SMILES string of the molecule is COc1ccc(NC(=O)Oc2cc(-c3cccc(C)c3C)nc(Nc3ccc(N4CCN(C)CC4)c(F)c3)n2)c(OC)c1. The van der Waals surface area contributed by atoms with Gasteiger partial charge >= 0.3 is 6.09 Å². The second-order valence-corrected chi connectivity index (χ2v) is 10.3. The van der Waals surface area contributed by atoms with Crippen LogP contribution in [-0.2, 0) is 0 Å². The van der Waals surface area contributed by atoms with E-state index in [1.54, 1.807) is 43.5 Å². The highest BCUT2D eigenvalue weighted by molar-refractivity contribution is 5.88. The van der Waals surface area contributed by atoms with Gasteiger partial charge in [0.1, 0.15) is 17.3 Å². The summed E-state index contributed by atoms with van der Waals surface area (Å²) in [5, 5.41) is 5.76. The predicted molar refractivity (Wildman–Crippen MR) is 166 cm³/mol. The van der Waals surface area contributed by atoms with E-state index in [-0.39, 0.29) is 17.6 Å². The number of aryl methyl sites for hydroxylation is 1. The molecule has 0 unspecified atom stereocenters. The molecular formula is C32H35FN6O4. The third-order valence-corrected chi connectivity index (χ3v) is 7.47. The summed E-state index contributed by atoms with van der Waals surface area (Å²) in [5.41, 5.74) is 4.91. The maximum atomic E-state index is 15.2. The molecule has 10 nitrogen and oxygen atoms in total. The van der Waals surface area contributed by atoms with Gasteiger partial charge < -0.3 is 29.3 Å². The number of rotatable bonds is 8. The summed E-state index contributed by atoms with van der Waals surface area (Å²) < 4.78 is 31.4. The highest BCUT2D eigenvalue weighted by Crippen LogP contribution is 2.31. The lowest BCUT2D eigenvalue weighted by Crippen LogP contribution is -2.44. The van der Waals surface area contributed by atoms with Crippen LogP contribution in [0.15, 0.2) is 60.7 Å². The molecule has 2 heterocycles. The first kappa shape index (κ1) is 29.6. The van der Waals surface area contributed by atoms with Crippen LogP contribution in [0.4, 0.5) is 32.2 Å². The Kier molecular flexibility index (Phi) is 8.91. The number of hydrogen-bond acceptors (Lipinski definition) is 9. The Balaban J connectivity index is 1.42. The number of anilines is 4. The van der Waals surface area contributed by atoms with Gasteiger partial charge in [0, 0.05) is 49.6 Å². The van der Waals surface area contributed by atoms with E-state index in [9.17, 15) is 4.79 Å². The number of halogens is 1. The van der Waals surface area contributed by atoms with Gasteiger partial charge in [-0.05, 0) is 62.4 Å². The van der Waals surface area contributed by atoms with E-state index in [2.05, 4.69) is 32.5 Å². The number of carbonyl (C=O) groups excluding carboxylic acids is 1. The van der Waals surface area contributed by atoms with Gasteiger partial charge in [-0.2, -0.15) is 4.98 Å². The molecule has 5 rings (SSSR count). The summed E-state index contributed by atoms with van der Waals surface area (Å²) in [4.78, 5) is 26.3. The number of piperazine rings is 1. The van der Waals surface area contributed by atoms with Crippen molar-refractivity contribution in [3.8, 4) is 28.6 Å². The summed E-state index contributed by atoms with van der Waals surface area (Å²) in [6.07, 6.45) is -0.775. The van der Waals surface area contributed by atoms with Crippen LogP contribution in [0.3, 0.4) is 0 Å². The Labute approximate surface area is 250 Å². The predicted octanol–water partition coefficient (Wildman–Crippen LogP) is 6.02. The topological polar surface area (TPSA) is 101 Å². The van der Waals surface area contributed by atoms with Crippen molar-refractivity contribution >= 4 is 29.1 Å². The molecular weight excluding hydrogens is 551 g/mol. The normalized spacial score (nSPS) is 13.4. The molecule has 1 aromatic heterocycles. The standard InChI is InChI=1S/C32H35FN6O4/c1-20-7-6-8-24(21(20)2)27-19-30(43-32(40)36-26-11-10-23(41-4)18-29(26)42-5)37-31(35-27)34-22-9-12-28(25(33)17-22)39-15-13-38(3)14-16-39/h6-12,17-19H,13-16H2,1-5H3,(H,36,40)(H,34,35,37). The molecule has 0 saturated carbocycles. The van der Waals surface area contributed by atoms with E-state index < -0.39 is 6.09 Å². The van der Waals surface area contributed by atoms with E-state index in [1.165, 1.54) is 13.2 Å². The van der Waals surface area contributed by atoms with Crippen LogP contribution < -0.4 is 29.7 Å². The van der Waals surface area contributed by atoms with Crippen molar-refractivity contribution in [3.63, 3.8) is 0 Å². The smallest absolute Gasteiger partial charge is 0.418 e. The van der Waals surface area contributed by atoms with Crippen molar-refractivity contribution in [1.29, 1.82) is 0 Å². The molecule has 0 bridgehead atoms. The number of hydrogen-bond donors (Lipinski definition) is 2. The third kappa shape index (κ3) is 6.95. The highest BCUT2D eigenvalue weighted by Gasteiger charge is 2.19. The summed E-state index contributed by atoms with van der Waals surface area (Å²) in [5.74, 6) is 0.792. The summed E-state index contributed by atoms with van der Waals surface area (Å²) in [6.45, 7) is 7.27. The maximum Gasteiger partial charge on any atom is 0.418 e. The molecule has 1 aliphatic rings. The molecule has 0 radical (unpaired) electrons. The molecule has 0 spiro atoms. The van der Waals surface area contributed by atoms with Crippen molar-refractivity contribution in [2.24, 2.45) is 0 Å². The average molecular weight is 587 g/mol. The number of carbonyl (C=O) groups is 1. The lowest BCUT2D eigenvalue weighted by atomic mass is 10.0. The minimum atomic E-state index is -0.775. The van der Waals surface area contributed by atoms with Crippen molar-refractivity contribution in [2.45, 2.75) is 13.8 Å². The van der Waals surface area contributed by atoms with Crippen molar-refractivity contribution in [2.75, 3.05) is 63.0 Å². The van der Waals surface area contributed by atoms with Gasteiger partial charge in [-0.25, -0.2) is 14.2 Å². The monoisotopic (exact) mass is 586 g/mol. The molecule has 1 fully saturated rings. The fourth-order valence-corrected chi connectivity index (χ4v) is 4.85. The Morgan fingerprint density at radius 1 is 0.930 bits per heavy atom. The number of benzene rings is 3. The van der Waals surface area contributed by atoms with Gasteiger partial charge in [0.25, 0.3) is 0 Å². The Morgan fingerprint density at radius 3 is 2.44 bits per heavy atom. The van der Waals surface area contributed by atoms with Gasteiger partial charge in [0.15, 0.2) is 0 Å². The Hall–Kier alpha value is -4.90.